The van der Waals surface area contributed by atoms with E-state index in [0.717, 1.165) is 0 Å². The monoisotopic (exact) mass is 312 g/mol. The number of rotatable bonds is 3. The van der Waals surface area contributed by atoms with Gasteiger partial charge in [0.25, 0.3) is 0 Å². The highest BCUT2D eigenvalue weighted by molar-refractivity contribution is 7.91. The molecule has 1 fully saturated rings. The lowest BCUT2D eigenvalue weighted by molar-refractivity contribution is -0.383. The summed E-state index contributed by atoms with van der Waals surface area (Å²) in [4.78, 5) is 10.3. The second-order valence-electron chi connectivity index (χ2n) is 4.92. The molecule has 0 radical (unpaired) electrons. The quantitative estimate of drug-likeness (QED) is 0.659. The van der Waals surface area contributed by atoms with Gasteiger partial charge in [0.2, 0.25) is 5.52 Å². The van der Waals surface area contributed by atoms with Crippen molar-refractivity contribution in [1.82, 2.24) is 10.3 Å². The van der Waals surface area contributed by atoms with Crippen LogP contribution < -0.4 is 5.32 Å². The van der Waals surface area contributed by atoms with E-state index in [2.05, 4.69) is 20.3 Å². The summed E-state index contributed by atoms with van der Waals surface area (Å²) >= 11 is 0. The lowest BCUT2D eigenvalue weighted by atomic mass is 10.1. The highest BCUT2D eigenvalue weighted by atomic mass is 32.2. The first-order valence-electron chi connectivity index (χ1n) is 6.33. The molecular formula is C11H12N4O5S. The van der Waals surface area contributed by atoms with Gasteiger partial charge in [-0.15, -0.1) is 0 Å². The molecule has 0 atom stereocenters. The molecule has 1 aromatic carbocycles. The Hall–Kier alpha value is -2.23. The minimum absolute atomic E-state index is 0.0186. The predicted octanol–water partition coefficient (Wildman–Crippen LogP) is 1.12. The summed E-state index contributed by atoms with van der Waals surface area (Å²) in [5.41, 5.74) is 0.732. The van der Waals surface area contributed by atoms with Crippen molar-refractivity contribution in [3.8, 4) is 0 Å². The maximum absolute atomic E-state index is 11.4. The maximum atomic E-state index is 11.4. The largest absolute Gasteiger partial charge is 0.380 e. The SMILES string of the molecule is O=[N+]([O-])c1ccc(NC2CCS(=O)(=O)CC2)c2nonc12. The van der Waals surface area contributed by atoms with Crippen LogP contribution in [0, 0.1) is 10.1 Å². The van der Waals surface area contributed by atoms with Gasteiger partial charge < -0.3 is 5.32 Å². The van der Waals surface area contributed by atoms with Gasteiger partial charge in [-0.05, 0) is 29.2 Å². The normalized spacial score (nSPS) is 18.7. The molecule has 10 heteroatoms. The molecule has 0 bridgehead atoms. The number of nitro benzene ring substituents is 1. The first kappa shape index (κ1) is 13.7. The zero-order valence-electron chi connectivity index (χ0n) is 10.9. The maximum Gasteiger partial charge on any atom is 0.300 e. The summed E-state index contributed by atoms with van der Waals surface area (Å²) in [7, 11) is -2.93. The van der Waals surface area contributed by atoms with Crippen LogP contribution in [-0.2, 0) is 9.84 Å². The Bertz CT molecular complexity index is 786. The van der Waals surface area contributed by atoms with E-state index < -0.39 is 14.8 Å². The van der Waals surface area contributed by atoms with Crippen molar-refractivity contribution in [2.24, 2.45) is 0 Å². The molecular weight excluding hydrogens is 300 g/mol. The van der Waals surface area contributed by atoms with E-state index in [0.29, 0.717) is 18.5 Å². The Morgan fingerprint density at radius 3 is 2.57 bits per heavy atom. The Morgan fingerprint density at radius 2 is 1.90 bits per heavy atom. The lowest BCUT2D eigenvalue weighted by Crippen LogP contribution is -2.32. The van der Waals surface area contributed by atoms with E-state index in [9.17, 15) is 18.5 Å². The highest BCUT2D eigenvalue weighted by Crippen LogP contribution is 2.30. The number of hydrogen-bond acceptors (Lipinski definition) is 8. The number of hydrogen-bond donors (Lipinski definition) is 1. The van der Waals surface area contributed by atoms with Crippen LogP contribution in [0.3, 0.4) is 0 Å². The molecule has 2 heterocycles. The molecule has 0 saturated carbocycles. The summed E-state index contributed by atoms with van der Waals surface area (Å²) in [5, 5.41) is 21.3. The van der Waals surface area contributed by atoms with Crippen molar-refractivity contribution in [2.75, 3.05) is 16.8 Å². The molecule has 1 aliphatic rings. The number of fused-ring (bicyclic) bond motifs is 1. The fourth-order valence-electron chi connectivity index (χ4n) is 2.37. The van der Waals surface area contributed by atoms with E-state index in [4.69, 9.17) is 0 Å². The van der Waals surface area contributed by atoms with Crippen molar-refractivity contribution in [3.63, 3.8) is 0 Å². The average Bonchev–Trinajstić information content (AvgIpc) is 2.90. The van der Waals surface area contributed by atoms with Gasteiger partial charge in [-0.25, -0.2) is 13.0 Å². The summed E-state index contributed by atoms with van der Waals surface area (Å²) in [6.07, 6.45) is 0.984. The van der Waals surface area contributed by atoms with Crippen LogP contribution in [0.25, 0.3) is 11.0 Å². The molecule has 3 rings (SSSR count). The third-order valence-electron chi connectivity index (χ3n) is 3.51. The molecule has 0 unspecified atom stereocenters. The number of aromatic nitrogens is 2. The number of anilines is 1. The average molecular weight is 312 g/mol. The van der Waals surface area contributed by atoms with Crippen LogP contribution in [0.15, 0.2) is 16.8 Å². The van der Waals surface area contributed by atoms with Crippen molar-refractivity contribution >= 4 is 32.2 Å². The van der Waals surface area contributed by atoms with Crippen LogP contribution in [0.2, 0.25) is 0 Å². The standard InChI is InChI=1S/C11H12N4O5S/c16-15(17)9-2-1-8(10-11(9)14-20-13-10)12-7-3-5-21(18,19)6-4-7/h1-2,7,12H,3-6H2. The van der Waals surface area contributed by atoms with Crippen molar-refractivity contribution in [1.29, 1.82) is 0 Å². The topological polar surface area (TPSA) is 128 Å². The lowest BCUT2D eigenvalue weighted by Gasteiger charge is -2.23. The van der Waals surface area contributed by atoms with Crippen molar-refractivity contribution in [2.45, 2.75) is 18.9 Å². The van der Waals surface area contributed by atoms with Crippen molar-refractivity contribution in [3.05, 3.63) is 22.2 Å². The molecule has 1 saturated heterocycles. The van der Waals surface area contributed by atoms with E-state index in [-0.39, 0.29) is 34.3 Å². The Morgan fingerprint density at radius 1 is 1.24 bits per heavy atom. The fraction of sp³-hybridized carbons (Fsp3) is 0.455. The first-order valence-corrected chi connectivity index (χ1v) is 8.15. The number of nitro groups is 1. The van der Waals surface area contributed by atoms with Gasteiger partial charge in [0.15, 0.2) is 5.52 Å². The van der Waals surface area contributed by atoms with Crippen LogP contribution in [0.1, 0.15) is 12.8 Å². The molecule has 0 amide bonds. The van der Waals surface area contributed by atoms with Gasteiger partial charge in [-0.3, -0.25) is 10.1 Å². The summed E-state index contributed by atoms with van der Waals surface area (Å²) < 4.78 is 27.4. The Balaban J connectivity index is 1.87. The fourth-order valence-corrected chi connectivity index (χ4v) is 3.86. The van der Waals surface area contributed by atoms with Crippen LogP contribution >= 0.6 is 0 Å². The molecule has 0 spiro atoms. The summed E-state index contributed by atoms with van der Waals surface area (Å²) in [5.74, 6) is 0.274. The molecule has 1 aromatic heterocycles. The number of nitrogens with one attached hydrogen (secondary N) is 1. The molecule has 112 valence electrons. The van der Waals surface area contributed by atoms with Crippen LogP contribution in [0.5, 0.6) is 0 Å². The molecule has 0 aliphatic carbocycles. The van der Waals surface area contributed by atoms with Gasteiger partial charge in [-0.2, -0.15) is 0 Å². The minimum Gasteiger partial charge on any atom is -0.380 e. The molecule has 1 N–H and O–H groups in total. The molecule has 1 aliphatic heterocycles. The third kappa shape index (κ3) is 2.66. The third-order valence-corrected chi connectivity index (χ3v) is 5.22. The van der Waals surface area contributed by atoms with Crippen molar-refractivity contribution < 1.29 is 18.0 Å². The highest BCUT2D eigenvalue weighted by Gasteiger charge is 2.25. The number of sulfone groups is 1. The predicted molar refractivity (Wildman–Crippen MR) is 73.8 cm³/mol. The Kier molecular flexibility index (Phi) is 3.24. The zero-order valence-corrected chi connectivity index (χ0v) is 11.7. The van der Waals surface area contributed by atoms with Gasteiger partial charge in [0.05, 0.1) is 22.1 Å². The summed E-state index contributed by atoms with van der Waals surface area (Å²) in [6, 6.07) is 2.84. The van der Waals surface area contributed by atoms with Gasteiger partial charge in [0.1, 0.15) is 9.84 Å². The summed E-state index contributed by atoms with van der Waals surface area (Å²) in [6.45, 7) is 0. The molecule has 21 heavy (non-hydrogen) atoms. The second-order valence-corrected chi connectivity index (χ2v) is 7.22. The smallest absolute Gasteiger partial charge is 0.300 e. The van der Waals surface area contributed by atoms with E-state index in [1.54, 1.807) is 0 Å². The number of nitrogens with zero attached hydrogens (tertiary/aromatic N) is 3. The zero-order chi connectivity index (χ0) is 15.0. The number of benzene rings is 1. The van der Waals surface area contributed by atoms with E-state index >= 15 is 0 Å². The van der Waals surface area contributed by atoms with Crippen LogP contribution in [-0.4, -0.2) is 41.2 Å². The molecule has 9 nitrogen and oxygen atoms in total. The van der Waals surface area contributed by atoms with Crippen LogP contribution in [0.4, 0.5) is 11.4 Å². The minimum atomic E-state index is -2.93. The van der Waals surface area contributed by atoms with Gasteiger partial charge in [0, 0.05) is 12.1 Å². The van der Waals surface area contributed by atoms with Gasteiger partial charge >= 0.3 is 5.69 Å². The van der Waals surface area contributed by atoms with E-state index in [1.807, 2.05) is 0 Å². The Labute approximate surface area is 119 Å². The van der Waals surface area contributed by atoms with E-state index in [1.165, 1.54) is 12.1 Å². The first-order chi connectivity index (χ1) is 9.96. The second kappa shape index (κ2) is 4.95. The molecule has 2 aromatic rings. The number of non-ortho nitro benzene ring substituents is 1. The van der Waals surface area contributed by atoms with Gasteiger partial charge in [-0.1, -0.05) is 0 Å².